The van der Waals surface area contributed by atoms with Crippen molar-refractivity contribution in [2.75, 3.05) is 5.75 Å². The van der Waals surface area contributed by atoms with Gasteiger partial charge >= 0.3 is 5.97 Å². The van der Waals surface area contributed by atoms with Gasteiger partial charge in [0.25, 0.3) is 0 Å². The molecule has 1 aromatic rings. The van der Waals surface area contributed by atoms with Crippen LogP contribution >= 0.6 is 11.8 Å². The quantitative estimate of drug-likeness (QED) is 0.564. The van der Waals surface area contributed by atoms with Crippen molar-refractivity contribution in [3.63, 3.8) is 0 Å². The molecule has 1 rings (SSSR count). The van der Waals surface area contributed by atoms with E-state index in [2.05, 4.69) is 0 Å². The number of hydrogen-bond acceptors (Lipinski definition) is 3. The van der Waals surface area contributed by atoms with Gasteiger partial charge in [0.05, 0.1) is 0 Å². The maximum Gasteiger partial charge on any atom is 0.302 e. The number of esters is 1. The molecule has 0 aliphatic carbocycles. The zero-order valence-electron chi connectivity index (χ0n) is 8.40. The van der Waals surface area contributed by atoms with Gasteiger partial charge in [0.15, 0.2) is 0 Å². The van der Waals surface area contributed by atoms with E-state index in [4.69, 9.17) is 4.74 Å². The van der Waals surface area contributed by atoms with Crippen molar-refractivity contribution in [3.05, 3.63) is 30.3 Å². The van der Waals surface area contributed by atoms with E-state index in [1.165, 1.54) is 11.8 Å². The maximum absolute atomic E-state index is 10.6. The van der Waals surface area contributed by atoms with E-state index in [0.29, 0.717) is 0 Å². The first-order valence-corrected chi connectivity index (χ1v) is 5.52. The summed E-state index contributed by atoms with van der Waals surface area (Å²) in [6, 6.07) is 10.1. The summed E-state index contributed by atoms with van der Waals surface area (Å²) in [5.74, 6) is 0.579. The molecule has 0 fully saturated rings. The highest BCUT2D eigenvalue weighted by Gasteiger charge is 2.05. The highest BCUT2D eigenvalue weighted by atomic mass is 32.2. The number of ether oxygens (including phenoxy) is 1. The molecule has 2 nitrogen and oxygen atoms in total. The second kappa shape index (κ2) is 5.70. The molecule has 76 valence electrons. The summed E-state index contributed by atoms with van der Waals surface area (Å²) in [6.07, 6.45) is -0.0299. The lowest BCUT2D eigenvalue weighted by Crippen LogP contribution is -2.14. The van der Waals surface area contributed by atoms with Crippen LogP contribution in [0.5, 0.6) is 0 Å². The Bertz CT molecular complexity index is 285. The summed E-state index contributed by atoms with van der Waals surface area (Å²) in [4.78, 5) is 11.8. The molecule has 0 saturated carbocycles. The van der Waals surface area contributed by atoms with Gasteiger partial charge in [-0.3, -0.25) is 4.79 Å². The predicted octanol–water partition coefficient (Wildman–Crippen LogP) is 2.73. The molecule has 0 aromatic heterocycles. The summed E-state index contributed by atoms with van der Waals surface area (Å²) in [5.41, 5.74) is 0. The Morgan fingerprint density at radius 1 is 1.43 bits per heavy atom. The van der Waals surface area contributed by atoms with Gasteiger partial charge in [0, 0.05) is 17.6 Å². The number of benzene rings is 1. The summed E-state index contributed by atoms with van der Waals surface area (Å²) in [6.45, 7) is 3.33. The van der Waals surface area contributed by atoms with Crippen LogP contribution < -0.4 is 0 Å². The van der Waals surface area contributed by atoms with Crippen molar-refractivity contribution < 1.29 is 9.53 Å². The lowest BCUT2D eigenvalue weighted by molar-refractivity contribution is -0.144. The van der Waals surface area contributed by atoms with Crippen LogP contribution in [0.1, 0.15) is 13.8 Å². The molecule has 1 atom stereocenters. The fourth-order valence-electron chi connectivity index (χ4n) is 1.05. The summed E-state index contributed by atoms with van der Waals surface area (Å²) in [5, 5.41) is 0. The number of carbonyl (C=O) groups is 1. The molecule has 0 aliphatic rings. The Morgan fingerprint density at radius 2 is 2.07 bits per heavy atom. The van der Waals surface area contributed by atoms with Crippen molar-refractivity contribution in [1.29, 1.82) is 0 Å². The van der Waals surface area contributed by atoms with Crippen LogP contribution in [0.15, 0.2) is 35.2 Å². The summed E-state index contributed by atoms with van der Waals surface area (Å²) in [7, 11) is 0. The average Bonchev–Trinajstić information content (AvgIpc) is 2.15. The zero-order chi connectivity index (χ0) is 10.4. The molecule has 0 spiro atoms. The summed E-state index contributed by atoms with van der Waals surface area (Å²) < 4.78 is 5.01. The Kier molecular flexibility index (Phi) is 4.53. The molecule has 0 amide bonds. The Morgan fingerprint density at radius 3 is 2.64 bits per heavy atom. The lowest BCUT2D eigenvalue weighted by Gasteiger charge is -2.10. The van der Waals surface area contributed by atoms with Crippen LogP contribution in [0.25, 0.3) is 0 Å². The second-order valence-electron chi connectivity index (χ2n) is 3.04. The van der Waals surface area contributed by atoms with Gasteiger partial charge in [0.2, 0.25) is 0 Å². The van der Waals surface area contributed by atoms with E-state index < -0.39 is 0 Å². The van der Waals surface area contributed by atoms with E-state index >= 15 is 0 Å². The van der Waals surface area contributed by atoms with Crippen LogP contribution in [0.2, 0.25) is 0 Å². The fourth-order valence-corrected chi connectivity index (χ4v) is 1.89. The van der Waals surface area contributed by atoms with E-state index in [-0.39, 0.29) is 12.1 Å². The van der Waals surface area contributed by atoms with Crippen molar-refractivity contribution in [2.45, 2.75) is 24.8 Å². The normalized spacial score (nSPS) is 12.1. The third kappa shape index (κ3) is 4.33. The van der Waals surface area contributed by atoms with Crippen LogP contribution in [-0.4, -0.2) is 17.8 Å². The van der Waals surface area contributed by atoms with Crippen molar-refractivity contribution in [2.24, 2.45) is 0 Å². The molecule has 0 aliphatic heterocycles. The van der Waals surface area contributed by atoms with Gasteiger partial charge < -0.3 is 4.74 Å². The Labute approximate surface area is 88.7 Å². The van der Waals surface area contributed by atoms with Crippen LogP contribution in [0.4, 0.5) is 0 Å². The SMILES string of the molecule is CC(=O)O[C@H](C)CSc1ccccc1. The Balaban J connectivity index is 2.30. The minimum atomic E-state index is -0.217. The first-order valence-electron chi connectivity index (χ1n) is 4.53. The number of hydrogen-bond donors (Lipinski definition) is 0. The van der Waals surface area contributed by atoms with E-state index in [0.717, 1.165) is 5.75 Å². The molecule has 0 heterocycles. The number of rotatable bonds is 4. The lowest BCUT2D eigenvalue weighted by atomic mass is 10.4. The third-order valence-electron chi connectivity index (χ3n) is 1.60. The van der Waals surface area contributed by atoms with Crippen molar-refractivity contribution >= 4 is 17.7 Å². The minimum absolute atomic E-state index is 0.0299. The summed E-state index contributed by atoms with van der Waals surface area (Å²) >= 11 is 1.69. The molecular formula is C11H14O2S. The van der Waals surface area contributed by atoms with Gasteiger partial charge in [-0.1, -0.05) is 18.2 Å². The standard InChI is InChI=1S/C11H14O2S/c1-9(13-10(2)12)8-14-11-6-4-3-5-7-11/h3-7,9H,8H2,1-2H3/t9-/m1/s1. The fraction of sp³-hybridized carbons (Fsp3) is 0.364. The maximum atomic E-state index is 10.6. The van der Waals surface area contributed by atoms with Crippen LogP contribution in [0, 0.1) is 0 Å². The van der Waals surface area contributed by atoms with Crippen LogP contribution in [0.3, 0.4) is 0 Å². The average molecular weight is 210 g/mol. The molecule has 0 radical (unpaired) electrons. The molecule has 0 unspecified atom stereocenters. The van der Waals surface area contributed by atoms with Crippen LogP contribution in [-0.2, 0) is 9.53 Å². The van der Waals surface area contributed by atoms with Gasteiger partial charge in [-0.2, -0.15) is 0 Å². The molecule has 0 bridgehead atoms. The van der Waals surface area contributed by atoms with E-state index in [1.807, 2.05) is 37.3 Å². The number of carbonyl (C=O) groups excluding carboxylic acids is 1. The smallest absolute Gasteiger partial charge is 0.302 e. The first-order chi connectivity index (χ1) is 6.68. The van der Waals surface area contributed by atoms with Gasteiger partial charge in [0.1, 0.15) is 6.10 Å². The molecule has 1 aromatic carbocycles. The Hall–Kier alpha value is -0.960. The van der Waals surface area contributed by atoms with Crippen molar-refractivity contribution in [1.82, 2.24) is 0 Å². The van der Waals surface area contributed by atoms with Gasteiger partial charge in [-0.05, 0) is 19.1 Å². The largest absolute Gasteiger partial charge is 0.462 e. The number of thioether (sulfide) groups is 1. The first kappa shape index (κ1) is 11.1. The third-order valence-corrected chi connectivity index (χ3v) is 2.84. The van der Waals surface area contributed by atoms with Crippen molar-refractivity contribution in [3.8, 4) is 0 Å². The minimum Gasteiger partial charge on any atom is -0.462 e. The van der Waals surface area contributed by atoms with E-state index in [9.17, 15) is 4.79 Å². The molecule has 0 saturated heterocycles. The molecule has 3 heteroatoms. The predicted molar refractivity (Wildman–Crippen MR) is 58.4 cm³/mol. The zero-order valence-corrected chi connectivity index (χ0v) is 9.21. The van der Waals surface area contributed by atoms with E-state index in [1.54, 1.807) is 11.8 Å². The second-order valence-corrected chi connectivity index (χ2v) is 4.14. The van der Waals surface area contributed by atoms with Gasteiger partial charge in [-0.25, -0.2) is 0 Å². The monoisotopic (exact) mass is 210 g/mol. The molecule has 0 N–H and O–H groups in total. The molecule has 14 heavy (non-hydrogen) atoms. The van der Waals surface area contributed by atoms with Gasteiger partial charge in [-0.15, -0.1) is 11.8 Å². The highest BCUT2D eigenvalue weighted by Crippen LogP contribution is 2.18. The topological polar surface area (TPSA) is 26.3 Å². The molecular weight excluding hydrogens is 196 g/mol. The highest BCUT2D eigenvalue weighted by molar-refractivity contribution is 7.99.